The van der Waals surface area contributed by atoms with E-state index in [1.165, 1.54) is 6.07 Å². The van der Waals surface area contributed by atoms with E-state index in [1.54, 1.807) is 23.1 Å². The van der Waals surface area contributed by atoms with Crippen LogP contribution in [-0.4, -0.2) is 28.6 Å². The minimum atomic E-state index is -0.926. The van der Waals surface area contributed by atoms with Gasteiger partial charge in [0, 0.05) is 12.6 Å². The van der Waals surface area contributed by atoms with Gasteiger partial charge in [-0.25, -0.2) is 4.79 Å². The number of aliphatic carboxylic acids is 1. The highest BCUT2D eigenvalue weighted by Gasteiger charge is 2.34. The van der Waals surface area contributed by atoms with Crippen molar-refractivity contribution in [2.24, 2.45) is 5.92 Å². The number of nitro benzene ring substituents is 1. The van der Waals surface area contributed by atoms with E-state index in [-0.39, 0.29) is 5.69 Å². The number of carboxylic acids is 1. The summed E-state index contributed by atoms with van der Waals surface area (Å²) in [6.07, 6.45) is 1.36. The number of hydrogen-bond acceptors (Lipinski definition) is 4. The third-order valence-electron chi connectivity index (χ3n) is 3.54. The Hall–Kier alpha value is -2.11. The number of rotatable bonds is 3. The molecule has 1 heterocycles. The highest BCUT2D eigenvalue weighted by atomic mass is 16.6. The first kappa shape index (κ1) is 13.3. The molecule has 1 aromatic rings. The van der Waals surface area contributed by atoms with Crippen LogP contribution in [0.1, 0.15) is 19.8 Å². The van der Waals surface area contributed by atoms with Crippen LogP contribution in [-0.2, 0) is 4.79 Å². The molecule has 0 amide bonds. The van der Waals surface area contributed by atoms with E-state index in [4.69, 9.17) is 0 Å². The predicted octanol–water partition coefficient (Wildman–Crippen LogP) is 2.28. The largest absolute Gasteiger partial charge is 0.480 e. The number of benzene rings is 1. The monoisotopic (exact) mass is 264 g/mol. The Bertz CT molecular complexity index is 503. The predicted molar refractivity (Wildman–Crippen MR) is 70.3 cm³/mol. The van der Waals surface area contributed by atoms with Gasteiger partial charge in [0.1, 0.15) is 11.7 Å². The van der Waals surface area contributed by atoms with Crippen molar-refractivity contribution >= 4 is 17.3 Å². The molecule has 1 saturated heterocycles. The van der Waals surface area contributed by atoms with Crippen molar-refractivity contribution < 1.29 is 14.8 Å². The van der Waals surface area contributed by atoms with Gasteiger partial charge < -0.3 is 10.0 Å². The van der Waals surface area contributed by atoms with Crippen LogP contribution in [0.25, 0.3) is 0 Å². The van der Waals surface area contributed by atoms with Crippen LogP contribution in [0, 0.1) is 16.0 Å². The number of nitrogens with zero attached hydrogens (tertiary/aromatic N) is 2. The second-order valence-corrected chi connectivity index (χ2v) is 4.92. The number of anilines is 1. The SMILES string of the molecule is CC1CCN(c2ccccc2[N+](=O)[O-])C(C(=O)O)C1. The van der Waals surface area contributed by atoms with E-state index in [2.05, 4.69) is 0 Å². The van der Waals surface area contributed by atoms with Gasteiger partial charge in [0.2, 0.25) is 0 Å². The summed E-state index contributed by atoms with van der Waals surface area (Å²) in [6.45, 7) is 2.54. The molecule has 0 spiro atoms. The minimum Gasteiger partial charge on any atom is -0.480 e. The molecule has 102 valence electrons. The summed E-state index contributed by atoms with van der Waals surface area (Å²) in [4.78, 5) is 23.6. The molecular weight excluding hydrogens is 248 g/mol. The minimum absolute atomic E-state index is 0.0386. The number of para-hydroxylation sites is 2. The second-order valence-electron chi connectivity index (χ2n) is 4.92. The van der Waals surface area contributed by atoms with E-state index >= 15 is 0 Å². The zero-order valence-electron chi connectivity index (χ0n) is 10.7. The molecule has 1 fully saturated rings. The van der Waals surface area contributed by atoms with Gasteiger partial charge in [-0.1, -0.05) is 19.1 Å². The summed E-state index contributed by atoms with van der Waals surface area (Å²) in [5.74, 6) is -0.607. The molecule has 1 aliphatic rings. The lowest BCUT2D eigenvalue weighted by Crippen LogP contribution is -2.47. The van der Waals surface area contributed by atoms with Crippen LogP contribution in [0.2, 0.25) is 0 Å². The van der Waals surface area contributed by atoms with Crippen molar-refractivity contribution in [3.8, 4) is 0 Å². The zero-order valence-corrected chi connectivity index (χ0v) is 10.7. The Balaban J connectivity index is 2.39. The molecule has 6 nitrogen and oxygen atoms in total. The highest BCUT2D eigenvalue weighted by Crippen LogP contribution is 2.34. The molecule has 0 saturated carbocycles. The van der Waals surface area contributed by atoms with E-state index in [9.17, 15) is 20.0 Å². The number of hydrogen-bond donors (Lipinski definition) is 1. The Morgan fingerprint density at radius 1 is 1.47 bits per heavy atom. The van der Waals surface area contributed by atoms with Crippen LogP contribution < -0.4 is 4.90 Å². The van der Waals surface area contributed by atoms with Gasteiger partial charge >= 0.3 is 5.97 Å². The average molecular weight is 264 g/mol. The van der Waals surface area contributed by atoms with Crippen molar-refractivity contribution in [1.82, 2.24) is 0 Å². The van der Waals surface area contributed by atoms with Crippen molar-refractivity contribution in [1.29, 1.82) is 0 Å². The van der Waals surface area contributed by atoms with Crippen LogP contribution in [0.3, 0.4) is 0 Å². The number of carbonyl (C=O) groups is 1. The molecular formula is C13H16N2O4. The maximum atomic E-state index is 11.4. The first-order chi connectivity index (χ1) is 9.00. The fourth-order valence-corrected chi connectivity index (χ4v) is 2.53. The Labute approximate surface area is 110 Å². The molecule has 0 aliphatic carbocycles. The summed E-state index contributed by atoms with van der Waals surface area (Å²) in [5, 5.41) is 20.3. The van der Waals surface area contributed by atoms with Gasteiger partial charge in [-0.05, 0) is 24.8 Å². The molecule has 1 N–H and O–H groups in total. The van der Waals surface area contributed by atoms with E-state index < -0.39 is 16.9 Å². The van der Waals surface area contributed by atoms with Gasteiger partial charge in [-0.15, -0.1) is 0 Å². The zero-order chi connectivity index (χ0) is 14.0. The lowest BCUT2D eigenvalue weighted by Gasteiger charge is -2.37. The third kappa shape index (κ3) is 2.67. The molecule has 0 radical (unpaired) electrons. The van der Waals surface area contributed by atoms with Crippen LogP contribution in [0.15, 0.2) is 24.3 Å². The second kappa shape index (κ2) is 5.26. The fourth-order valence-electron chi connectivity index (χ4n) is 2.53. The summed E-state index contributed by atoms with van der Waals surface area (Å²) in [6, 6.07) is 5.62. The van der Waals surface area contributed by atoms with Gasteiger partial charge in [-0.3, -0.25) is 10.1 Å². The van der Waals surface area contributed by atoms with Gasteiger partial charge in [0.15, 0.2) is 0 Å². The molecule has 0 aromatic heterocycles. The lowest BCUT2D eigenvalue weighted by atomic mass is 9.92. The van der Waals surface area contributed by atoms with Gasteiger partial charge in [-0.2, -0.15) is 0 Å². The summed E-state index contributed by atoms with van der Waals surface area (Å²) < 4.78 is 0. The maximum Gasteiger partial charge on any atom is 0.326 e. The van der Waals surface area contributed by atoms with Crippen LogP contribution >= 0.6 is 0 Å². The number of piperidine rings is 1. The maximum absolute atomic E-state index is 11.4. The molecule has 6 heteroatoms. The molecule has 2 atom stereocenters. The van der Waals surface area contributed by atoms with E-state index in [1.807, 2.05) is 6.92 Å². The summed E-state index contributed by atoms with van der Waals surface area (Å²) in [7, 11) is 0. The average Bonchev–Trinajstić information content (AvgIpc) is 2.38. The van der Waals surface area contributed by atoms with Gasteiger partial charge in [0.05, 0.1) is 4.92 Å². The Morgan fingerprint density at radius 3 is 2.79 bits per heavy atom. The van der Waals surface area contributed by atoms with Crippen molar-refractivity contribution in [3.63, 3.8) is 0 Å². The van der Waals surface area contributed by atoms with Crippen molar-refractivity contribution in [3.05, 3.63) is 34.4 Å². The van der Waals surface area contributed by atoms with Crippen LogP contribution in [0.4, 0.5) is 11.4 Å². The topological polar surface area (TPSA) is 83.7 Å². The third-order valence-corrected chi connectivity index (χ3v) is 3.54. The molecule has 19 heavy (non-hydrogen) atoms. The van der Waals surface area contributed by atoms with Crippen molar-refractivity contribution in [2.45, 2.75) is 25.8 Å². The molecule has 1 aliphatic heterocycles. The van der Waals surface area contributed by atoms with E-state index in [0.717, 1.165) is 6.42 Å². The van der Waals surface area contributed by atoms with E-state index in [0.29, 0.717) is 24.6 Å². The first-order valence-corrected chi connectivity index (χ1v) is 6.23. The van der Waals surface area contributed by atoms with Crippen molar-refractivity contribution in [2.75, 3.05) is 11.4 Å². The molecule has 2 rings (SSSR count). The standard InChI is InChI=1S/C13H16N2O4/c1-9-6-7-14(12(8-9)13(16)17)10-4-2-3-5-11(10)15(18)19/h2-5,9,12H,6-8H2,1H3,(H,16,17). The van der Waals surface area contributed by atoms with Gasteiger partial charge in [0.25, 0.3) is 5.69 Å². The summed E-state index contributed by atoms with van der Waals surface area (Å²) in [5.41, 5.74) is 0.357. The Kier molecular flexibility index (Phi) is 3.69. The number of nitro groups is 1. The quantitative estimate of drug-likeness (QED) is 0.668. The smallest absolute Gasteiger partial charge is 0.326 e. The van der Waals surface area contributed by atoms with Crippen LogP contribution in [0.5, 0.6) is 0 Å². The lowest BCUT2D eigenvalue weighted by molar-refractivity contribution is -0.384. The normalized spacial score (nSPS) is 23.1. The number of carboxylic acid groups (broad SMARTS) is 1. The summed E-state index contributed by atoms with van der Waals surface area (Å²) >= 11 is 0. The Morgan fingerprint density at radius 2 is 2.16 bits per heavy atom. The molecule has 2 unspecified atom stereocenters. The highest BCUT2D eigenvalue weighted by molar-refractivity contribution is 5.80. The molecule has 1 aromatic carbocycles. The molecule has 0 bridgehead atoms. The fraction of sp³-hybridized carbons (Fsp3) is 0.462. The first-order valence-electron chi connectivity index (χ1n) is 6.23.